The topological polar surface area (TPSA) is 44.8 Å². The molecule has 148 valence electrons. The minimum atomic E-state index is -1.94. The van der Waals surface area contributed by atoms with E-state index in [0.717, 1.165) is 11.6 Å². The Kier molecular flexibility index (Phi) is 8.73. The van der Waals surface area contributed by atoms with Gasteiger partial charge in [0.05, 0.1) is 12.4 Å². The zero-order valence-electron chi connectivity index (χ0n) is 17.2. The van der Waals surface area contributed by atoms with Crippen LogP contribution in [-0.4, -0.2) is 27.0 Å². The molecule has 0 saturated carbocycles. The Hall–Kier alpha value is -2.11. The second-order valence-electron chi connectivity index (χ2n) is 7.86. The molecule has 1 aromatic carbocycles. The number of esters is 1. The van der Waals surface area contributed by atoms with Crippen LogP contribution in [0.2, 0.25) is 18.1 Å². The van der Waals surface area contributed by atoms with Crippen molar-refractivity contribution in [3.63, 3.8) is 0 Å². The third kappa shape index (κ3) is 8.41. The molecule has 1 rings (SSSR count). The highest BCUT2D eigenvalue weighted by molar-refractivity contribution is 6.74. The number of hydrogen-bond acceptors (Lipinski definition) is 4. The van der Waals surface area contributed by atoms with Crippen molar-refractivity contribution in [1.29, 1.82) is 0 Å². The molecule has 0 N–H and O–H groups in total. The molecule has 0 aliphatic heterocycles. The monoisotopic (exact) mass is 388 g/mol. The van der Waals surface area contributed by atoms with Crippen molar-refractivity contribution in [3.05, 3.63) is 73.0 Å². The van der Waals surface area contributed by atoms with Crippen LogP contribution in [0.5, 0.6) is 0 Å². The van der Waals surface area contributed by atoms with E-state index >= 15 is 0 Å². The van der Waals surface area contributed by atoms with E-state index in [1.54, 1.807) is 6.08 Å². The highest BCUT2D eigenvalue weighted by Gasteiger charge is 2.38. The molecule has 0 bridgehead atoms. The number of carbonyl (C=O) groups is 1. The van der Waals surface area contributed by atoms with Gasteiger partial charge in [-0.2, -0.15) is 0 Å². The normalized spacial score (nSPS) is 13.2. The summed E-state index contributed by atoms with van der Waals surface area (Å²) >= 11 is 0. The molecule has 0 saturated heterocycles. The van der Waals surface area contributed by atoms with Crippen molar-refractivity contribution in [2.75, 3.05) is 6.61 Å². The second-order valence-corrected chi connectivity index (χ2v) is 12.6. The molecule has 0 fully saturated rings. The molecule has 0 aromatic heterocycles. The maximum atomic E-state index is 11.4. The first-order chi connectivity index (χ1) is 12.5. The molecule has 0 aliphatic carbocycles. The molecule has 0 radical (unpaired) electrons. The fraction of sp³-hybridized carbons (Fsp3) is 0.409. The third-order valence-corrected chi connectivity index (χ3v) is 8.94. The van der Waals surface area contributed by atoms with Gasteiger partial charge in [-0.1, -0.05) is 64.3 Å². The van der Waals surface area contributed by atoms with Crippen LogP contribution < -0.4 is 0 Å². The van der Waals surface area contributed by atoms with Crippen molar-refractivity contribution in [2.24, 2.45) is 0 Å². The Balaban J connectivity index is 2.73. The predicted octanol–water partition coefficient (Wildman–Crippen LogP) is 5.39. The van der Waals surface area contributed by atoms with Crippen LogP contribution in [-0.2, 0) is 25.3 Å². The number of ether oxygens (including phenoxy) is 2. The summed E-state index contributed by atoms with van der Waals surface area (Å²) in [6.07, 6.45) is 4.33. The Morgan fingerprint density at radius 1 is 1.22 bits per heavy atom. The molecule has 27 heavy (non-hydrogen) atoms. The Morgan fingerprint density at radius 2 is 1.85 bits per heavy atom. The average Bonchev–Trinajstić information content (AvgIpc) is 2.60. The fourth-order valence-corrected chi connectivity index (χ4v) is 2.92. The van der Waals surface area contributed by atoms with Gasteiger partial charge >= 0.3 is 5.97 Å². The molecule has 0 amide bonds. The van der Waals surface area contributed by atoms with Gasteiger partial charge in [-0.15, -0.1) is 0 Å². The summed E-state index contributed by atoms with van der Waals surface area (Å²) < 4.78 is 17.2. The lowest BCUT2D eigenvalue weighted by Gasteiger charge is -2.36. The van der Waals surface area contributed by atoms with Gasteiger partial charge in [0.25, 0.3) is 0 Å². The van der Waals surface area contributed by atoms with Gasteiger partial charge in [0, 0.05) is 6.08 Å². The smallest absolute Gasteiger partial charge is 0.330 e. The summed E-state index contributed by atoms with van der Waals surface area (Å²) in [4.78, 5) is 11.4. The minimum Gasteiger partial charge on any atom is -0.544 e. The number of allylic oxidation sites excluding steroid dienone is 1. The van der Waals surface area contributed by atoms with E-state index in [9.17, 15) is 4.79 Å². The summed E-state index contributed by atoms with van der Waals surface area (Å²) in [5.41, 5.74) is 1.04. The van der Waals surface area contributed by atoms with Gasteiger partial charge < -0.3 is 13.9 Å². The van der Waals surface area contributed by atoms with Gasteiger partial charge in [0.2, 0.25) is 8.32 Å². The maximum Gasteiger partial charge on any atom is 0.330 e. The molecular formula is C22H32O4Si. The number of carbonyl (C=O) groups excluding carboxylic acids is 1. The molecule has 1 atom stereocenters. The number of benzene rings is 1. The highest BCUT2D eigenvalue weighted by atomic mass is 28.4. The van der Waals surface area contributed by atoms with E-state index in [1.165, 1.54) is 0 Å². The summed E-state index contributed by atoms with van der Waals surface area (Å²) in [6, 6.07) is 9.83. The van der Waals surface area contributed by atoms with Crippen molar-refractivity contribution in [2.45, 2.75) is 51.6 Å². The van der Waals surface area contributed by atoms with Crippen LogP contribution in [0.3, 0.4) is 0 Å². The van der Waals surface area contributed by atoms with Gasteiger partial charge in [0.1, 0.15) is 12.7 Å². The highest BCUT2D eigenvalue weighted by Crippen LogP contribution is 2.37. The summed E-state index contributed by atoms with van der Waals surface area (Å²) in [6.45, 7) is 18.8. The predicted molar refractivity (Wildman–Crippen MR) is 113 cm³/mol. The van der Waals surface area contributed by atoms with Crippen LogP contribution in [0.25, 0.3) is 0 Å². The number of hydrogen-bond donors (Lipinski definition) is 0. The summed E-state index contributed by atoms with van der Waals surface area (Å²) in [5.74, 6) is 0.109. The van der Waals surface area contributed by atoms with E-state index in [1.807, 2.05) is 36.4 Å². The largest absolute Gasteiger partial charge is 0.544 e. The van der Waals surface area contributed by atoms with Gasteiger partial charge in [-0.25, -0.2) is 4.79 Å². The molecule has 0 heterocycles. The van der Waals surface area contributed by atoms with Crippen molar-refractivity contribution in [3.8, 4) is 0 Å². The standard InChI is InChI=1S/C22H32O4Si/c1-8-21(23)25-17-20(24-16-19-12-10-9-11-13-19)15-14-18(2)26-27(6,7)22(3,4)5/h8-15,20H,1-2,16-17H2,3-7H3/b15-14+/t20-/m0/s1. The molecular weight excluding hydrogens is 356 g/mol. The molecule has 4 nitrogen and oxygen atoms in total. The summed E-state index contributed by atoms with van der Waals surface area (Å²) in [7, 11) is -1.94. The first-order valence-electron chi connectivity index (χ1n) is 9.06. The van der Waals surface area contributed by atoms with E-state index in [-0.39, 0.29) is 11.6 Å². The second kappa shape index (κ2) is 10.3. The molecule has 0 aliphatic rings. The first-order valence-corrected chi connectivity index (χ1v) is 12.0. The number of rotatable bonds is 10. The molecule has 0 spiro atoms. The lowest BCUT2D eigenvalue weighted by molar-refractivity contribution is -0.141. The maximum absolute atomic E-state index is 11.4. The lowest BCUT2D eigenvalue weighted by Crippen LogP contribution is -2.40. The third-order valence-electron chi connectivity index (χ3n) is 4.55. The van der Waals surface area contributed by atoms with Crippen LogP contribution in [0.15, 0.2) is 67.5 Å². The zero-order valence-corrected chi connectivity index (χ0v) is 18.2. The Morgan fingerprint density at radius 3 is 2.41 bits per heavy atom. The van der Waals surface area contributed by atoms with Crippen LogP contribution >= 0.6 is 0 Å². The SMILES string of the molecule is C=CC(=O)OC[C@H](/C=C/C(=C)O[Si](C)(C)C(C)(C)C)OCc1ccccc1. The minimum absolute atomic E-state index is 0.0898. The quantitative estimate of drug-likeness (QED) is 0.177. The van der Waals surface area contributed by atoms with E-state index in [0.29, 0.717) is 12.4 Å². The van der Waals surface area contributed by atoms with Gasteiger partial charge in [0.15, 0.2) is 0 Å². The molecule has 1 aromatic rings. The first kappa shape index (κ1) is 22.9. The Labute approximate surface area is 164 Å². The molecule has 5 heteroatoms. The van der Waals surface area contributed by atoms with Crippen LogP contribution in [0.1, 0.15) is 26.3 Å². The zero-order chi connectivity index (χ0) is 20.5. The fourth-order valence-electron chi connectivity index (χ4n) is 1.89. The Bertz CT molecular complexity index is 657. The summed E-state index contributed by atoms with van der Waals surface area (Å²) in [5, 5.41) is 0.0898. The van der Waals surface area contributed by atoms with Crippen molar-refractivity contribution >= 4 is 14.3 Å². The van der Waals surface area contributed by atoms with Crippen molar-refractivity contribution in [1.82, 2.24) is 0 Å². The van der Waals surface area contributed by atoms with Gasteiger partial charge in [-0.3, -0.25) is 0 Å². The van der Waals surface area contributed by atoms with E-state index < -0.39 is 20.4 Å². The lowest BCUT2D eigenvalue weighted by atomic mass is 10.2. The van der Waals surface area contributed by atoms with E-state index in [4.69, 9.17) is 13.9 Å². The van der Waals surface area contributed by atoms with Crippen molar-refractivity contribution < 1.29 is 18.7 Å². The van der Waals surface area contributed by atoms with Crippen LogP contribution in [0, 0.1) is 0 Å². The van der Waals surface area contributed by atoms with E-state index in [2.05, 4.69) is 47.0 Å². The van der Waals surface area contributed by atoms with Crippen LogP contribution in [0.4, 0.5) is 0 Å². The molecule has 0 unspecified atom stereocenters. The average molecular weight is 389 g/mol. The van der Waals surface area contributed by atoms with Gasteiger partial charge in [-0.05, 0) is 35.8 Å².